The smallest absolute Gasteiger partial charge is 0.220 e. The lowest BCUT2D eigenvalue weighted by Gasteiger charge is -2.34. The van der Waals surface area contributed by atoms with E-state index in [-0.39, 0.29) is 17.8 Å². The fourth-order valence-electron chi connectivity index (χ4n) is 2.18. The van der Waals surface area contributed by atoms with Gasteiger partial charge in [0.05, 0.1) is 12.1 Å². The number of nitrogens with two attached hydrogens (primary N) is 1. The first-order chi connectivity index (χ1) is 8.60. The van der Waals surface area contributed by atoms with Crippen LogP contribution in [0.4, 0.5) is 0 Å². The molecule has 4 N–H and O–H groups in total. The molecule has 1 aliphatic rings. The second kappa shape index (κ2) is 7.20. The van der Waals surface area contributed by atoms with E-state index in [2.05, 4.69) is 10.5 Å². The molecule has 1 atom stereocenters. The number of rotatable bonds is 7. The molecular weight excluding hydrogens is 234 g/mol. The van der Waals surface area contributed by atoms with Gasteiger partial charge in [-0.25, -0.2) is 0 Å². The minimum absolute atomic E-state index is 0.0478. The van der Waals surface area contributed by atoms with Gasteiger partial charge in [0.25, 0.3) is 0 Å². The van der Waals surface area contributed by atoms with Crippen molar-refractivity contribution in [2.75, 3.05) is 6.61 Å². The first-order valence-electron chi connectivity index (χ1n) is 6.49. The summed E-state index contributed by atoms with van der Waals surface area (Å²) in [6.45, 7) is 4.57. The molecule has 6 nitrogen and oxygen atoms in total. The fraction of sp³-hybridized carbons (Fsp3) is 0.833. The second-order valence-electron chi connectivity index (χ2n) is 4.67. The van der Waals surface area contributed by atoms with Gasteiger partial charge in [0.2, 0.25) is 5.91 Å². The summed E-state index contributed by atoms with van der Waals surface area (Å²) in [6, 6.07) is -0.384. The van der Waals surface area contributed by atoms with Crippen molar-refractivity contribution in [2.24, 2.45) is 16.8 Å². The summed E-state index contributed by atoms with van der Waals surface area (Å²) in [7, 11) is 0. The van der Waals surface area contributed by atoms with Gasteiger partial charge in [-0.15, -0.1) is 0 Å². The van der Waals surface area contributed by atoms with Crippen LogP contribution in [0.5, 0.6) is 0 Å². The Labute approximate surface area is 108 Å². The third-order valence-corrected chi connectivity index (χ3v) is 3.28. The molecule has 1 rings (SSSR count). The molecule has 1 unspecified atom stereocenters. The van der Waals surface area contributed by atoms with Crippen molar-refractivity contribution >= 4 is 11.7 Å². The van der Waals surface area contributed by atoms with Gasteiger partial charge >= 0.3 is 0 Å². The van der Waals surface area contributed by atoms with Crippen LogP contribution in [0.25, 0.3) is 0 Å². The van der Waals surface area contributed by atoms with Gasteiger partial charge in [-0.2, -0.15) is 0 Å². The van der Waals surface area contributed by atoms with Gasteiger partial charge in [-0.05, 0) is 32.1 Å². The number of nitrogens with zero attached hydrogens (tertiary/aromatic N) is 1. The van der Waals surface area contributed by atoms with Gasteiger partial charge in [0, 0.05) is 13.0 Å². The molecule has 0 aliphatic heterocycles. The van der Waals surface area contributed by atoms with Crippen molar-refractivity contribution in [3.05, 3.63) is 0 Å². The van der Waals surface area contributed by atoms with Crippen LogP contribution in [0, 0.1) is 5.92 Å². The summed E-state index contributed by atoms with van der Waals surface area (Å²) in [4.78, 5) is 11.8. The fourth-order valence-corrected chi connectivity index (χ4v) is 2.18. The zero-order valence-electron chi connectivity index (χ0n) is 11.1. The van der Waals surface area contributed by atoms with E-state index in [9.17, 15) is 4.79 Å². The molecule has 1 saturated carbocycles. The number of carbonyl (C=O) groups excluding carboxylic acids is 1. The second-order valence-corrected chi connectivity index (χ2v) is 4.67. The minimum atomic E-state index is -0.384. The average Bonchev–Trinajstić information content (AvgIpc) is 2.32. The number of oxime groups is 1. The summed E-state index contributed by atoms with van der Waals surface area (Å²) in [5.41, 5.74) is 5.48. The highest BCUT2D eigenvalue weighted by atomic mass is 16.5. The van der Waals surface area contributed by atoms with Crippen molar-refractivity contribution in [1.29, 1.82) is 0 Å². The van der Waals surface area contributed by atoms with E-state index < -0.39 is 0 Å². The Morgan fingerprint density at radius 1 is 1.56 bits per heavy atom. The Bertz CT molecular complexity index is 301. The van der Waals surface area contributed by atoms with E-state index in [0.717, 1.165) is 19.4 Å². The summed E-state index contributed by atoms with van der Waals surface area (Å²) in [5, 5.41) is 14.3. The summed E-state index contributed by atoms with van der Waals surface area (Å²) in [5.74, 6) is 0.395. The largest absolute Gasteiger partial charge is 0.409 e. The van der Waals surface area contributed by atoms with Crippen LogP contribution in [-0.4, -0.2) is 35.7 Å². The Hall–Kier alpha value is -1.30. The Balaban J connectivity index is 2.26. The molecule has 1 fully saturated rings. The van der Waals surface area contributed by atoms with Crippen molar-refractivity contribution in [3.8, 4) is 0 Å². The van der Waals surface area contributed by atoms with Crippen LogP contribution in [0.1, 0.15) is 39.5 Å². The quantitative estimate of drug-likeness (QED) is 0.272. The number of hydrogen-bond donors (Lipinski definition) is 3. The van der Waals surface area contributed by atoms with Crippen molar-refractivity contribution in [2.45, 2.75) is 51.7 Å². The molecule has 0 aromatic heterocycles. The molecule has 104 valence electrons. The van der Waals surface area contributed by atoms with Gasteiger partial charge in [-0.1, -0.05) is 12.1 Å². The first kappa shape index (κ1) is 14.8. The van der Waals surface area contributed by atoms with Crippen molar-refractivity contribution in [1.82, 2.24) is 5.32 Å². The Morgan fingerprint density at radius 2 is 2.22 bits per heavy atom. The molecule has 1 amide bonds. The van der Waals surface area contributed by atoms with Crippen LogP contribution in [0.2, 0.25) is 0 Å². The number of nitrogens with one attached hydrogen (secondary N) is 1. The molecule has 0 aromatic rings. The molecule has 0 aromatic carbocycles. The zero-order valence-corrected chi connectivity index (χ0v) is 11.1. The third kappa shape index (κ3) is 4.18. The minimum Gasteiger partial charge on any atom is -0.409 e. The monoisotopic (exact) mass is 257 g/mol. The molecule has 0 saturated heterocycles. The van der Waals surface area contributed by atoms with Crippen LogP contribution in [0.15, 0.2) is 5.16 Å². The molecule has 6 heteroatoms. The molecule has 0 bridgehead atoms. The number of amidine groups is 1. The average molecular weight is 257 g/mol. The molecular formula is C12H23N3O3. The van der Waals surface area contributed by atoms with Crippen molar-refractivity contribution in [3.63, 3.8) is 0 Å². The Kier molecular flexibility index (Phi) is 5.91. The SMILES string of the molecule is CCOC1CC(CC(=O)NC(CC)C(N)=NO)C1. The van der Waals surface area contributed by atoms with Crippen LogP contribution >= 0.6 is 0 Å². The maximum absolute atomic E-state index is 11.8. The maximum Gasteiger partial charge on any atom is 0.220 e. The van der Waals surface area contributed by atoms with E-state index in [1.165, 1.54) is 0 Å². The summed E-state index contributed by atoms with van der Waals surface area (Å²) >= 11 is 0. The van der Waals surface area contributed by atoms with Gasteiger partial charge < -0.3 is 21.0 Å². The standard InChI is InChI=1S/C12H23N3O3/c1-3-10(12(13)15-17)14-11(16)7-8-5-9(6-8)18-4-2/h8-10,17H,3-7H2,1-2H3,(H2,13,15)(H,14,16). The number of carbonyl (C=O) groups is 1. The zero-order chi connectivity index (χ0) is 13.5. The predicted octanol–water partition coefficient (Wildman–Crippen LogP) is 0.833. The topological polar surface area (TPSA) is 96.9 Å². The maximum atomic E-state index is 11.8. The Morgan fingerprint density at radius 3 is 2.72 bits per heavy atom. The first-order valence-corrected chi connectivity index (χ1v) is 6.49. The van der Waals surface area contributed by atoms with Gasteiger partial charge in [0.15, 0.2) is 5.84 Å². The lowest BCUT2D eigenvalue weighted by molar-refractivity contribution is -0.124. The van der Waals surface area contributed by atoms with Crippen LogP contribution in [0.3, 0.4) is 0 Å². The van der Waals surface area contributed by atoms with E-state index in [4.69, 9.17) is 15.7 Å². The van der Waals surface area contributed by atoms with E-state index >= 15 is 0 Å². The lowest BCUT2D eigenvalue weighted by atomic mass is 9.80. The van der Waals surface area contributed by atoms with E-state index in [1.807, 2.05) is 13.8 Å². The molecule has 1 aliphatic carbocycles. The van der Waals surface area contributed by atoms with Gasteiger partial charge in [0.1, 0.15) is 0 Å². The molecule has 0 heterocycles. The highest BCUT2D eigenvalue weighted by Gasteiger charge is 2.31. The number of amides is 1. The lowest BCUT2D eigenvalue weighted by Crippen LogP contribution is -2.45. The molecule has 0 radical (unpaired) electrons. The van der Waals surface area contributed by atoms with Crippen molar-refractivity contribution < 1.29 is 14.7 Å². The van der Waals surface area contributed by atoms with E-state index in [0.29, 0.717) is 24.9 Å². The summed E-state index contributed by atoms with van der Waals surface area (Å²) in [6.07, 6.45) is 3.30. The molecule has 18 heavy (non-hydrogen) atoms. The number of ether oxygens (including phenoxy) is 1. The third-order valence-electron chi connectivity index (χ3n) is 3.28. The predicted molar refractivity (Wildman–Crippen MR) is 68.4 cm³/mol. The van der Waals surface area contributed by atoms with Crippen LogP contribution in [-0.2, 0) is 9.53 Å². The van der Waals surface area contributed by atoms with E-state index in [1.54, 1.807) is 0 Å². The van der Waals surface area contributed by atoms with Gasteiger partial charge in [-0.3, -0.25) is 4.79 Å². The highest BCUT2D eigenvalue weighted by molar-refractivity contribution is 5.89. The normalized spacial score (nSPS) is 25.3. The highest BCUT2D eigenvalue weighted by Crippen LogP contribution is 2.32. The molecule has 0 spiro atoms. The van der Waals surface area contributed by atoms with Crippen LogP contribution < -0.4 is 11.1 Å². The number of hydrogen-bond acceptors (Lipinski definition) is 4. The summed E-state index contributed by atoms with van der Waals surface area (Å²) < 4.78 is 5.44.